The van der Waals surface area contributed by atoms with Gasteiger partial charge in [-0.2, -0.15) is 0 Å². The molecular weight excluding hydrogens is 479 g/mol. The van der Waals surface area contributed by atoms with E-state index in [2.05, 4.69) is 4.98 Å². The lowest BCUT2D eigenvalue weighted by Crippen LogP contribution is -2.31. The first-order chi connectivity index (χ1) is 17.4. The number of hydrogen-bond donors (Lipinski definition) is 1. The number of hydrogen-bond acceptors (Lipinski definition) is 6. The van der Waals surface area contributed by atoms with Gasteiger partial charge >= 0.3 is 0 Å². The van der Waals surface area contributed by atoms with E-state index in [-0.39, 0.29) is 11.3 Å². The van der Waals surface area contributed by atoms with Crippen molar-refractivity contribution >= 4 is 28.7 Å². The molecular formula is C28H21FN2O4S. The number of halogens is 1. The van der Waals surface area contributed by atoms with E-state index in [0.29, 0.717) is 26.9 Å². The second kappa shape index (κ2) is 9.39. The number of anilines is 1. The van der Waals surface area contributed by atoms with E-state index >= 15 is 0 Å². The summed E-state index contributed by atoms with van der Waals surface area (Å²) in [6.07, 6.45) is 0. The minimum absolute atomic E-state index is 0.111. The number of aliphatic hydroxyl groups is 1. The number of carbonyl (C=O) groups is 2. The Balaban J connectivity index is 1.67. The number of para-hydroxylation sites is 1. The van der Waals surface area contributed by atoms with Crippen LogP contribution in [0.3, 0.4) is 0 Å². The minimum atomic E-state index is -1.04. The fraction of sp³-hybridized carbons (Fsp3) is 0.107. The highest BCUT2D eigenvalue weighted by Crippen LogP contribution is 2.45. The number of amides is 1. The maximum absolute atomic E-state index is 14.1. The molecule has 1 aliphatic rings. The van der Waals surface area contributed by atoms with Crippen LogP contribution in [0, 0.1) is 12.7 Å². The number of aromatic nitrogens is 1. The molecule has 1 N–H and O–H groups in total. The molecule has 2 heterocycles. The fourth-order valence-electron chi connectivity index (χ4n) is 4.35. The minimum Gasteiger partial charge on any atom is -0.503 e. The Labute approximate surface area is 210 Å². The number of ether oxygens (including phenoxy) is 1. The highest BCUT2D eigenvalue weighted by molar-refractivity contribution is 7.17. The molecule has 0 fully saturated rings. The third kappa shape index (κ3) is 3.95. The number of nitrogens with zero attached hydrogens (tertiary/aromatic N) is 2. The molecule has 3 aromatic carbocycles. The SMILES string of the molecule is COc1ccccc1C1C(C(=O)c2sc(-c3ccccc3)nc2C)=C(O)C(=O)N1c1cccc(F)c1. The van der Waals surface area contributed by atoms with Gasteiger partial charge in [0.15, 0.2) is 5.76 Å². The zero-order chi connectivity index (χ0) is 25.4. The van der Waals surface area contributed by atoms with Crippen LogP contribution in [-0.4, -0.2) is 28.9 Å². The number of benzene rings is 3. The average molecular weight is 501 g/mol. The van der Waals surface area contributed by atoms with Crippen molar-refractivity contribution in [2.45, 2.75) is 13.0 Å². The van der Waals surface area contributed by atoms with Crippen LogP contribution in [0.4, 0.5) is 10.1 Å². The van der Waals surface area contributed by atoms with E-state index in [9.17, 15) is 19.1 Å². The number of carbonyl (C=O) groups excluding carboxylic acids is 2. The molecule has 1 aliphatic heterocycles. The third-order valence-electron chi connectivity index (χ3n) is 6.00. The van der Waals surface area contributed by atoms with E-state index in [4.69, 9.17) is 4.74 Å². The lowest BCUT2D eigenvalue weighted by molar-refractivity contribution is -0.117. The van der Waals surface area contributed by atoms with Crippen molar-refractivity contribution in [3.63, 3.8) is 0 Å². The van der Waals surface area contributed by atoms with Crippen LogP contribution in [0.2, 0.25) is 0 Å². The lowest BCUT2D eigenvalue weighted by Gasteiger charge is -2.28. The highest BCUT2D eigenvalue weighted by atomic mass is 32.1. The summed E-state index contributed by atoms with van der Waals surface area (Å²) < 4.78 is 19.7. The molecule has 180 valence electrons. The van der Waals surface area contributed by atoms with Crippen LogP contribution >= 0.6 is 11.3 Å². The van der Waals surface area contributed by atoms with Gasteiger partial charge in [0.05, 0.1) is 29.3 Å². The van der Waals surface area contributed by atoms with Crippen molar-refractivity contribution in [1.29, 1.82) is 0 Å². The smallest absolute Gasteiger partial charge is 0.294 e. The summed E-state index contributed by atoms with van der Waals surface area (Å²) in [6, 6.07) is 20.8. The van der Waals surface area contributed by atoms with Gasteiger partial charge in [0.25, 0.3) is 5.91 Å². The van der Waals surface area contributed by atoms with Crippen molar-refractivity contribution in [2.24, 2.45) is 0 Å². The first-order valence-electron chi connectivity index (χ1n) is 11.1. The van der Waals surface area contributed by atoms with Crippen LogP contribution < -0.4 is 9.64 Å². The summed E-state index contributed by atoms with van der Waals surface area (Å²) >= 11 is 1.19. The molecule has 0 spiro atoms. The highest BCUT2D eigenvalue weighted by Gasteiger charge is 2.46. The van der Waals surface area contributed by atoms with Crippen molar-refractivity contribution in [3.8, 4) is 16.3 Å². The molecule has 8 heteroatoms. The van der Waals surface area contributed by atoms with Crippen molar-refractivity contribution in [3.05, 3.63) is 112 Å². The van der Waals surface area contributed by atoms with Crippen LogP contribution in [0.5, 0.6) is 5.75 Å². The Morgan fingerprint density at radius 1 is 1.06 bits per heavy atom. The van der Waals surface area contributed by atoms with Gasteiger partial charge in [-0.3, -0.25) is 14.5 Å². The zero-order valence-electron chi connectivity index (χ0n) is 19.4. The summed E-state index contributed by atoms with van der Waals surface area (Å²) in [5.74, 6) is -2.14. The van der Waals surface area contributed by atoms with Gasteiger partial charge in [0.1, 0.15) is 16.6 Å². The van der Waals surface area contributed by atoms with E-state index in [1.807, 2.05) is 30.3 Å². The number of aryl methyl sites for hydroxylation is 1. The van der Waals surface area contributed by atoms with Crippen molar-refractivity contribution in [2.75, 3.05) is 12.0 Å². The molecule has 1 atom stereocenters. The number of thiazole rings is 1. The maximum Gasteiger partial charge on any atom is 0.294 e. The number of rotatable bonds is 6. The molecule has 0 radical (unpaired) electrons. The topological polar surface area (TPSA) is 79.7 Å². The number of ketones is 1. The van der Waals surface area contributed by atoms with Gasteiger partial charge in [-0.25, -0.2) is 9.37 Å². The van der Waals surface area contributed by atoms with Gasteiger partial charge < -0.3 is 9.84 Å². The quantitative estimate of drug-likeness (QED) is 0.326. The van der Waals surface area contributed by atoms with Crippen LogP contribution in [-0.2, 0) is 4.79 Å². The standard InChI is InChI=1S/C28H21FN2O4S/c1-16-26(36-27(30-16)17-9-4-3-5-10-17)24(32)22-23(20-13-6-7-14-21(20)35-2)31(28(34)25(22)33)19-12-8-11-18(29)15-19/h3-15,23,33H,1-2H3. The first kappa shape index (κ1) is 23.4. The molecule has 0 saturated heterocycles. The molecule has 0 bridgehead atoms. The van der Waals surface area contributed by atoms with Crippen LogP contribution in [0.1, 0.15) is 27.0 Å². The van der Waals surface area contributed by atoms with Crippen LogP contribution in [0.25, 0.3) is 10.6 Å². The number of methoxy groups -OCH3 is 1. The molecule has 0 aliphatic carbocycles. The Hall–Kier alpha value is -4.30. The fourth-order valence-corrected chi connectivity index (χ4v) is 5.38. The Morgan fingerprint density at radius 2 is 1.78 bits per heavy atom. The molecule has 1 unspecified atom stereocenters. The predicted molar refractivity (Wildman–Crippen MR) is 136 cm³/mol. The maximum atomic E-state index is 14.1. The van der Waals surface area contributed by atoms with E-state index in [1.165, 1.54) is 41.5 Å². The summed E-state index contributed by atoms with van der Waals surface area (Å²) in [6.45, 7) is 1.72. The summed E-state index contributed by atoms with van der Waals surface area (Å²) in [5, 5.41) is 11.7. The Morgan fingerprint density at radius 3 is 2.50 bits per heavy atom. The molecule has 1 aromatic heterocycles. The lowest BCUT2D eigenvalue weighted by atomic mass is 9.94. The van der Waals surface area contributed by atoms with E-state index in [0.717, 1.165) is 5.56 Å². The van der Waals surface area contributed by atoms with E-state index in [1.54, 1.807) is 37.3 Å². The summed E-state index contributed by atoms with van der Waals surface area (Å²) in [5.41, 5.74) is 1.92. The molecule has 6 nitrogen and oxygen atoms in total. The van der Waals surface area contributed by atoms with Gasteiger partial charge in [-0.1, -0.05) is 54.6 Å². The summed E-state index contributed by atoms with van der Waals surface area (Å²) in [4.78, 5) is 33.4. The number of Topliss-reactive ketones (excluding diaryl/α,β-unsaturated/α-hetero) is 1. The summed E-state index contributed by atoms with van der Waals surface area (Å²) in [7, 11) is 1.48. The molecule has 4 aromatic rings. The van der Waals surface area contributed by atoms with Gasteiger partial charge in [-0.05, 0) is 31.2 Å². The molecule has 36 heavy (non-hydrogen) atoms. The average Bonchev–Trinajstić information content (AvgIpc) is 3.41. The largest absolute Gasteiger partial charge is 0.503 e. The normalized spacial score (nSPS) is 15.5. The zero-order valence-corrected chi connectivity index (χ0v) is 20.3. The third-order valence-corrected chi connectivity index (χ3v) is 7.20. The second-order valence-corrected chi connectivity index (χ2v) is 9.19. The van der Waals surface area contributed by atoms with Crippen molar-refractivity contribution < 1.29 is 23.8 Å². The van der Waals surface area contributed by atoms with Crippen LogP contribution in [0.15, 0.2) is 90.2 Å². The van der Waals surface area contributed by atoms with Gasteiger partial charge in [0.2, 0.25) is 5.78 Å². The van der Waals surface area contributed by atoms with Gasteiger partial charge in [0, 0.05) is 16.8 Å². The second-order valence-electron chi connectivity index (χ2n) is 8.19. The molecule has 1 amide bonds. The van der Waals surface area contributed by atoms with E-state index < -0.39 is 29.3 Å². The van der Waals surface area contributed by atoms with Crippen molar-refractivity contribution in [1.82, 2.24) is 4.98 Å². The van der Waals surface area contributed by atoms with Gasteiger partial charge in [-0.15, -0.1) is 11.3 Å². The monoisotopic (exact) mass is 500 g/mol. The Bertz CT molecular complexity index is 1510. The first-order valence-corrected chi connectivity index (χ1v) is 11.9. The predicted octanol–water partition coefficient (Wildman–Crippen LogP) is 6.05. The Kier molecular flexibility index (Phi) is 6.12. The number of aliphatic hydroxyl groups excluding tert-OH is 1. The molecule has 0 saturated carbocycles. The molecule has 5 rings (SSSR count).